The number of anilines is 1. The molecule has 0 aliphatic carbocycles. The van der Waals surface area contributed by atoms with Gasteiger partial charge in [0.15, 0.2) is 0 Å². The number of amides is 1. The average Bonchev–Trinajstić information content (AvgIpc) is 2.33. The summed E-state index contributed by atoms with van der Waals surface area (Å²) in [7, 11) is 0. The Hall–Kier alpha value is -1.64. The van der Waals surface area contributed by atoms with Crippen LogP contribution in [0.4, 0.5) is 5.69 Å². The van der Waals surface area contributed by atoms with E-state index in [9.17, 15) is 9.59 Å². The van der Waals surface area contributed by atoms with Gasteiger partial charge in [0.05, 0.1) is 0 Å². The molecule has 0 aromatic heterocycles. The maximum atomic E-state index is 11.7. The lowest BCUT2D eigenvalue weighted by atomic mass is 10.0. The van der Waals surface area contributed by atoms with Crippen LogP contribution in [0.5, 0.6) is 0 Å². The zero-order valence-electron chi connectivity index (χ0n) is 10.3. The maximum absolute atomic E-state index is 11.7. The molecule has 1 aliphatic rings. The van der Waals surface area contributed by atoms with Crippen LogP contribution in [-0.4, -0.2) is 18.2 Å². The number of benzene rings is 1. The molecule has 1 heterocycles. The zero-order valence-corrected chi connectivity index (χ0v) is 10.3. The Bertz CT molecular complexity index is 434. The first kappa shape index (κ1) is 11.8. The molecule has 0 atom stereocenters. The number of Topliss-reactive ketones (excluding diaryl/α,β-unsaturated/α-hetero) is 1. The Kier molecular flexibility index (Phi) is 3.27. The van der Waals surface area contributed by atoms with Gasteiger partial charge in [-0.05, 0) is 30.0 Å². The van der Waals surface area contributed by atoms with Gasteiger partial charge < -0.3 is 4.90 Å². The van der Waals surface area contributed by atoms with E-state index in [0.717, 1.165) is 12.1 Å². The molecule has 0 spiro atoms. The molecule has 0 N–H and O–H groups in total. The van der Waals surface area contributed by atoms with Gasteiger partial charge in [0, 0.05) is 18.7 Å². The van der Waals surface area contributed by atoms with E-state index in [1.54, 1.807) is 4.90 Å². The molecule has 3 nitrogen and oxygen atoms in total. The predicted octanol–water partition coefficient (Wildman–Crippen LogP) is 2.51. The first-order valence-corrected chi connectivity index (χ1v) is 6.04. The van der Waals surface area contributed by atoms with Crippen molar-refractivity contribution in [3.8, 4) is 0 Å². The van der Waals surface area contributed by atoms with Crippen LogP contribution in [-0.2, 0) is 9.59 Å². The third-order valence-electron chi connectivity index (χ3n) is 3.14. The number of rotatable bonds is 2. The van der Waals surface area contributed by atoms with Gasteiger partial charge in [-0.15, -0.1) is 0 Å². The second-order valence-corrected chi connectivity index (χ2v) is 4.73. The van der Waals surface area contributed by atoms with Crippen LogP contribution in [0.25, 0.3) is 0 Å². The lowest BCUT2D eigenvalue weighted by Crippen LogP contribution is -2.41. The van der Waals surface area contributed by atoms with Crippen molar-refractivity contribution in [1.82, 2.24) is 0 Å². The monoisotopic (exact) mass is 231 g/mol. The summed E-state index contributed by atoms with van der Waals surface area (Å²) in [6.07, 6.45) is 1.15. The number of hydrogen-bond acceptors (Lipinski definition) is 2. The van der Waals surface area contributed by atoms with Gasteiger partial charge in [-0.25, -0.2) is 0 Å². The minimum atomic E-state index is -0.367. The predicted molar refractivity (Wildman–Crippen MR) is 67.1 cm³/mol. The molecular weight excluding hydrogens is 214 g/mol. The van der Waals surface area contributed by atoms with Crippen LogP contribution in [0, 0.1) is 0 Å². The maximum Gasteiger partial charge on any atom is 0.294 e. The summed E-state index contributed by atoms with van der Waals surface area (Å²) in [5, 5.41) is 0. The molecule has 1 aromatic carbocycles. The van der Waals surface area contributed by atoms with Gasteiger partial charge in [0.25, 0.3) is 5.91 Å². The van der Waals surface area contributed by atoms with Crippen molar-refractivity contribution in [3.63, 3.8) is 0 Å². The molecule has 0 unspecified atom stereocenters. The van der Waals surface area contributed by atoms with E-state index in [4.69, 9.17) is 0 Å². The number of carbonyl (C=O) groups is 2. The van der Waals surface area contributed by atoms with Crippen LogP contribution >= 0.6 is 0 Å². The van der Waals surface area contributed by atoms with Crippen molar-refractivity contribution in [2.75, 3.05) is 11.4 Å². The summed E-state index contributed by atoms with van der Waals surface area (Å²) in [4.78, 5) is 24.7. The molecular formula is C14H17NO2. The number of nitrogens with zero attached hydrogens (tertiary/aromatic N) is 1. The van der Waals surface area contributed by atoms with Gasteiger partial charge in [0.2, 0.25) is 5.78 Å². The Labute approximate surface area is 101 Å². The zero-order chi connectivity index (χ0) is 12.4. The lowest BCUT2D eigenvalue weighted by Gasteiger charge is -2.26. The quantitative estimate of drug-likeness (QED) is 0.733. The molecule has 0 bridgehead atoms. The summed E-state index contributed by atoms with van der Waals surface area (Å²) >= 11 is 0. The van der Waals surface area contributed by atoms with E-state index in [1.807, 2.05) is 24.3 Å². The molecule has 3 heteroatoms. The summed E-state index contributed by atoms with van der Waals surface area (Å²) in [6, 6.07) is 7.89. The van der Waals surface area contributed by atoms with E-state index < -0.39 is 0 Å². The van der Waals surface area contributed by atoms with Crippen molar-refractivity contribution >= 4 is 17.4 Å². The normalized spacial score (nSPS) is 16.8. The molecule has 2 rings (SSSR count). The van der Waals surface area contributed by atoms with Gasteiger partial charge >= 0.3 is 0 Å². The summed E-state index contributed by atoms with van der Waals surface area (Å²) in [5.74, 6) is -0.166. The highest BCUT2D eigenvalue weighted by molar-refractivity contribution is 6.41. The molecule has 1 saturated heterocycles. The molecule has 0 radical (unpaired) electrons. The summed E-state index contributed by atoms with van der Waals surface area (Å²) < 4.78 is 0. The molecule has 90 valence electrons. The van der Waals surface area contributed by atoms with Crippen molar-refractivity contribution in [2.24, 2.45) is 0 Å². The summed E-state index contributed by atoms with van der Waals surface area (Å²) in [5.41, 5.74) is 2.07. The smallest absolute Gasteiger partial charge is 0.294 e. The third kappa shape index (κ3) is 2.38. The number of piperidine rings is 1. The Morgan fingerprint density at radius 2 is 1.76 bits per heavy atom. The number of carbonyl (C=O) groups excluding carboxylic acids is 2. The highest BCUT2D eigenvalue weighted by Gasteiger charge is 2.27. The molecule has 1 fully saturated rings. The van der Waals surface area contributed by atoms with E-state index in [2.05, 4.69) is 13.8 Å². The first-order valence-electron chi connectivity index (χ1n) is 6.04. The summed E-state index contributed by atoms with van der Waals surface area (Å²) in [6.45, 7) is 4.90. The minimum absolute atomic E-state index is 0.274. The van der Waals surface area contributed by atoms with E-state index >= 15 is 0 Å². The van der Waals surface area contributed by atoms with Crippen molar-refractivity contribution in [3.05, 3.63) is 29.8 Å². The van der Waals surface area contributed by atoms with E-state index in [-0.39, 0.29) is 11.7 Å². The largest absolute Gasteiger partial charge is 0.306 e. The SMILES string of the molecule is CC(C)c1ccc(N2CCCC(=O)C2=O)cc1. The van der Waals surface area contributed by atoms with Gasteiger partial charge in [-0.1, -0.05) is 26.0 Å². The molecule has 1 aromatic rings. The first-order chi connectivity index (χ1) is 8.09. The Morgan fingerprint density at radius 1 is 1.12 bits per heavy atom. The van der Waals surface area contributed by atoms with Gasteiger partial charge in [-0.3, -0.25) is 9.59 Å². The molecule has 17 heavy (non-hydrogen) atoms. The fourth-order valence-electron chi connectivity index (χ4n) is 2.04. The van der Waals surface area contributed by atoms with Crippen LogP contribution in [0.2, 0.25) is 0 Å². The standard InChI is InChI=1S/C14H17NO2/c1-10(2)11-5-7-12(8-6-11)15-9-3-4-13(16)14(15)17/h5-8,10H,3-4,9H2,1-2H3. The van der Waals surface area contributed by atoms with Crippen molar-refractivity contribution < 1.29 is 9.59 Å². The van der Waals surface area contributed by atoms with Crippen LogP contribution in [0.1, 0.15) is 38.2 Å². The Balaban J connectivity index is 2.22. The fraction of sp³-hybridized carbons (Fsp3) is 0.429. The van der Waals surface area contributed by atoms with Crippen molar-refractivity contribution in [1.29, 1.82) is 0 Å². The second-order valence-electron chi connectivity index (χ2n) is 4.73. The highest BCUT2D eigenvalue weighted by atomic mass is 16.2. The van der Waals surface area contributed by atoms with E-state index in [1.165, 1.54) is 5.56 Å². The fourth-order valence-corrected chi connectivity index (χ4v) is 2.04. The van der Waals surface area contributed by atoms with Gasteiger partial charge in [-0.2, -0.15) is 0 Å². The van der Waals surface area contributed by atoms with Crippen molar-refractivity contribution in [2.45, 2.75) is 32.6 Å². The third-order valence-corrected chi connectivity index (χ3v) is 3.14. The van der Waals surface area contributed by atoms with Gasteiger partial charge in [0.1, 0.15) is 0 Å². The molecule has 0 saturated carbocycles. The molecule has 1 aliphatic heterocycles. The van der Waals surface area contributed by atoms with Crippen LogP contribution < -0.4 is 4.90 Å². The van der Waals surface area contributed by atoms with E-state index in [0.29, 0.717) is 18.9 Å². The Morgan fingerprint density at radius 3 is 2.35 bits per heavy atom. The highest BCUT2D eigenvalue weighted by Crippen LogP contribution is 2.22. The lowest BCUT2D eigenvalue weighted by molar-refractivity contribution is -0.137. The molecule has 1 amide bonds. The number of ketones is 1. The van der Waals surface area contributed by atoms with Crippen LogP contribution in [0.15, 0.2) is 24.3 Å². The average molecular weight is 231 g/mol. The topological polar surface area (TPSA) is 37.4 Å². The van der Waals surface area contributed by atoms with Crippen LogP contribution in [0.3, 0.4) is 0 Å². The minimum Gasteiger partial charge on any atom is -0.306 e. The number of hydrogen-bond donors (Lipinski definition) is 0. The second kappa shape index (κ2) is 4.70.